The molecule has 5 rings (SSSR count). The van der Waals surface area contributed by atoms with Gasteiger partial charge in [0.05, 0.1) is 20.1 Å². The van der Waals surface area contributed by atoms with Gasteiger partial charge in [-0.25, -0.2) is 0 Å². The molecule has 1 saturated carbocycles. The molecular weight excluding hydrogens is 466 g/mol. The number of ether oxygens (including phenoxy) is 3. The van der Waals surface area contributed by atoms with Crippen molar-refractivity contribution in [2.45, 2.75) is 63.3 Å². The zero-order valence-corrected chi connectivity index (χ0v) is 21.5. The van der Waals surface area contributed by atoms with Gasteiger partial charge in [0.1, 0.15) is 11.5 Å². The van der Waals surface area contributed by atoms with Gasteiger partial charge in [-0.1, -0.05) is 62.1 Å². The van der Waals surface area contributed by atoms with Gasteiger partial charge < -0.3 is 19.5 Å². The van der Waals surface area contributed by atoms with Crippen LogP contribution in [0.5, 0.6) is 11.5 Å². The molecule has 0 aromatic heterocycles. The Labute approximate surface area is 218 Å². The fraction of sp³-hybridized carbons (Fsp3) is 0.419. The van der Waals surface area contributed by atoms with Gasteiger partial charge >= 0.3 is 5.97 Å². The highest BCUT2D eigenvalue weighted by Crippen LogP contribution is 2.35. The third kappa shape index (κ3) is 6.24. The number of benzene rings is 3. The standard InChI is InChI=1S/C31H35NO5/c1-35-31(34)19-28(23-11-13-29-24(16-23)14-15-36-29)22-9-8-21-10-12-27(18-25(21)17-22)37-20-30(33)32-26-6-4-2-3-5-7-26/h8-13,16-18,26,28H,2-7,14-15,19-20H2,1H3,(H,32,33). The Kier molecular flexibility index (Phi) is 7.93. The van der Waals surface area contributed by atoms with Gasteiger partial charge in [0.25, 0.3) is 5.91 Å². The maximum atomic E-state index is 12.5. The van der Waals surface area contributed by atoms with Gasteiger partial charge in [-0.2, -0.15) is 0 Å². The smallest absolute Gasteiger partial charge is 0.306 e. The van der Waals surface area contributed by atoms with E-state index in [-0.39, 0.29) is 36.9 Å². The first kappa shape index (κ1) is 25.1. The second kappa shape index (κ2) is 11.7. The van der Waals surface area contributed by atoms with Gasteiger partial charge in [0.2, 0.25) is 0 Å². The Bertz CT molecular complexity index is 1260. The average Bonchev–Trinajstić information content (AvgIpc) is 3.25. The number of nitrogens with one attached hydrogen (secondary N) is 1. The van der Waals surface area contributed by atoms with Gasteiger partial charge in [0, 0.05) is 18.4 Å². The van der Waals surface area contributed by atoms with E-state index in [1.807, 2.05) is 30.3 Å². The Morgan fingerprint density at radius 3 is 2.51 bits per heavy atom. The summed E-state index contributed by atoms with van der Waals surface area (Å²) in [5.74, 6) is 1.11. The van der Waals surface area contributed by atoms with Crippen molar-refractivity contribution in [2.75, 3.05) is 20.3 Å². The van der Waals surface area contributed by atoms with Crippen LogP contribution in [0.2, 0.25) is 0 Å². The number of hydrogen-bond donors (Lipinski definition) is 1. The van der Waals surface area contributed by atoms with E-state index in [4.69, 9.17) is 14.2 Å². The molecule has 1 aliphatic carbocycles. The number of methoxy groups -OCH3 is 1. The number of rotatable bonds is 8. The number of fused-ring (bicyclic) bond motifs is 2. The predicted octanol–water partition coefficient (Wildman–Crippen LogP) is 5.69. The van der Waals surface area contributed by atoms with Crippen LogP contribution in [0.1, 0.15) is 67.6 Å². The third-order valence-electron chi connectivity index (χ3n) is 7.54. The minimum atomic E-state index is -0.251. The maximum absolute atomic E-state index is 12.5. The molecular formula is C31H35NO5. The van der Waals surface area contributed by atoms with E-state index in [2.05, 4.69) is 29.6 Å². The van der Waals surface area contributed by atoms with Crippen molar-refractivity contribution in [1.29, 1.82) is 0 Å². The zero-order chi connectivity index (χ0) is 25.6. The quantitative estimate of drug-likeness (QED) is 0.317. The summed E-state index contributed by atoms with van der Waals surface area (Å²) >= 11 is 0. The lowest BCUT2D eigenvalue weighted by Gasteiger charge is -2.19. The van der Waals surface area contributed by atoms with E-state index >= 15 is 0 Å². The second-order valence-corrected chi connectivity index (χ2v) is 10.1. The van der Waals surface area contributed by atoms with E-state index < -0.39 is 0 Å². The summed E-state index contributed by atoms with van der Waals surface area (Å²) < 4.78 is 16.5. The molecule has 0 spiro atoms. The Balaban J connectivity index is 1.33. The molecule has 0 bridgehead atoms. The second-order valence-electron chi connectivity index (χ2n) is 10.1. The number of esters is 1. The van der Waals surface area contributed by atoms with Crippen LogP contribution in [0, 0.1) is 0 Å². The molecule has 1 amide bonds. The van der Waals surface area contributed by atoms with Crippen LogP contribution >= 0.6 is 0 Å². The van der Waals surface area contributed by atoms with Crippen LogP contribution in [0.15, 0.2) is 54.6 Å². The molecule has 0 radical (unpaired) electrons. The molecule has 6 nitrogen and oxygen atoms in total. The minimum Gasteiger partial charge on any atom is -0.493 e. The SMILES string of the molecule is COC(=O)CC(c1ccc2c(c1)CCO2)c1ccc2ccc(OCC(=O)NC3CCCCCC3)cc2c1. The van der Waals surface area contributed by atoms with Crippen LogP contribution in [-0.4, -0.2) is 38.2 Å². The number of carbonyl (C=O) groups is 2. The monoisotopic (exact) mass is 501 g/mol. The molecule has 3 aromatic rings. The van der Waals surface area contributed by atoms with Crippen molar-refractivity contribution >= 4 is 22.6 Å². The summed E-state index contributed by atoms with van der Waals surface area (Å²) in [6.07, 6.45) is 8.08. The summed E-state index contributed by atoms with van der Waals surface area (Å²) in [4.78, 5) is 24.8. The van der Waals surface area contributed by atoms with Crippen LogP contribution in [0.25, 0.3) is 10.8 Å². The lowest BCUT2D eigenvalue weighted by molar-refractivity contribution is -0.140. The highest BCUT2D eigenvalue weighted by molar-refractivity contribution is 5.85. The van der Waals surface area contributed by atoms with Crippen molar-refractivity contribution in [2.24, 2.45) is 0 Å². The average molecular weight is 502 g/mol. The van der Waals surface area contributed by atoms with Crippen molar-refractivity contribution in [3.8, 4) is 11.5 Å². The molecule has 0 saturated heterocycles. The molecule has 1 atom stereocenters. The molecule has 1 aliphatic heterocycles. The van der Waals surface area contributed by atoms with Crippen molar-refractivity contribution in [3.63, 3.8) is 0 Å². The fourth-order valence-corrected chi connectivity index (χ4v) is 5.49. The minimum absolute atomic E-state index is 0.00383. The topological polar surface area (TPSA) is 73.9 Å². The van der Waals surface area contributed by atoms with Gasteiger partial charge in [0.15, 0.2) is 6.61 Å². The van der Waals surface area contributed by atoms with E-state index in [9.17, 15) is 9.59 Å². The van der Waals surface area contributed by atoms with E-state index in [1.165, 1.54) is 38.4 Å². The summed E-state index contributed by atoms with van der Waals surface area (Å²) in [7, 11) is 1.42. The third-order valence-corrected chi connectivity index (χ3v) is 7.54. The molecule has 2 aliphatic rings. The Morgan fingerprint density at radius 1 is 0.946 bits per heavy atom. The molecule has 1 fully saturated rings. The molecule has 1 heterocycles. The van der Waals surface area contributed by atoms with Crippen molar-refractivity contribution < 1.29 is 23.8 Å². The van der Waals surface area contributed by atoms with Crippen LogP contribution in [-0.2, 0) is 20.7 Å². The molecule has 194 valence electrons. The van der Waals surface area contributed by atoms with Crippen LogP contribution < -0.4 is 14.8 Å². The first-order valence-electron chi connectivity index (χ1n) is 13.4. The lowest BCUT2D eigenvalue weighted by atomic mass is 9.86. The maximum Gasteiger partial charge on any atom is 0.306 e. The molecule has 6 heteroatoms. The van der Waals surface area contributed by atoms with Crippen molar-refractivity contribution in [3.05, 3.63) is 71.3 Å². The molecule has 37 heavy (non-hydrogen) atoms. The summed E-state index contributed by atoms with van der Waals surface area (Å²) in [6, 6.07) is 18.5. The van der Waals surface area contributed by atoms with Gasteiger partial charge in [-0.3, -0.25) is 9.59 Å². The van der Waals surface area contributed by atoms with Gasteiger partial charge in [-0.05, 0) is 58.5 Å². The highest BCUT2D eigenvalue weighted by Gasteiger charge is 2.22. The number of amides is 1. The summed E-state index contributed by atoms with van der Waals surface area (Å²) in [5, 5.41) is 5.20. The highest BCUT2D eigenvalue weighted by atomic mass is 16.5. The number of carbonyl (C=O) groups excluding carboxylic acids is 2. The lowest BCUT2D eigenvalue weighted by Crippen LogP contribution is -2.37. The Hall–Kier alpha value is -3.54. The van der Waals surface area contributed by atoms with Crippen LogP contribution in [0.4, 0.5) is 0 Å². The summed E-state index contributed by atoms with van der Waals surface area (Å²) in [6.45, 7) is 0.696. The number of hydrogen-bond acceptors (Lipinski definition) is 5. The van der Waals surface area contributed by atoms with E-state index in [1.54, 1.807) is 0 Å². The largest absolute Gasteiger partial charge is 0.493 e. The predicted molar refractivity (Wildman–Crippen MR) is 143 cm³/mol. The normalized spacial score (nSPS) is 16.4. The molecule has 1 unspecified atom stereocenters. The van der Waals surface area contributed by atoms with E-state index in [0.717, 1.165) is 46.9 Å². The Morgan fingerprint density at radius 2 is 1.70 bits per heavy atom. The van der Waals surface area contributed by atoms with E-state index in [0.29, 0.717) is 12.4 Å². The first-order chi connectivity index (χ1) is 18.1. The zero-order valence-electron chi connectivity index (χ0n) is 21.5. The van der Waals surface area contributed by atoms with Gasteiger partial charge in [-0.15, -0.1) is 0 Å². The van der Waals surface area contributed by atoms with Crippen LogP contribution in [0.3, 0.4) is 0 Å². The molecule has 1 N–H and O–H groups in total. The fourth-order valence-electron chi connectivity index (χ4n) is 5.49. The van der Waals surface area contributed by atoms with Crippen molar-refractivity contribution in [1.82, 2.24) is 5.32 Å². The first-order valence-corrected chi connectivity index (χ1v) is 13.4. The summed E-state index contributed by atoms with van der Waals surface area (Å²) in [5.41, 5.74) is 3.27. The molecule has 3 aromatic carbocycles.